The molecular weight excluding hydrogens is 328 g/mol. The van der Waals surface area contributed by atoms with Gasteiger partial charge in [-0.15, -0.1) is 0 Å². The molecule has 0 bridgehead atoms. The van der Waals surface area contributed by atoms with Gasteiger partial charge < -0.3 is 25.4 Å². The fourth-order valence-corrected chi connectivity index (χ4v) is 2.10. The summed E-state index contributed by atoms with van der Waals surface area (Å²) in [5.74, 6) is 0.249. The number of amides is 1. The summed E-state index contributed by atoms with van der Waals surface area (Å²) in [4.78, 5) is 37.2. The highest BCUT2D eigenvalue weighted by Gasteiger charge is 2.19. The molecule has 10 nitrogen and oxygen atoms in total. The van der Waals surface area contributed by atoms with Crippen molar-refractivity contribution in [1.82, 2.24) is 15.0 Å². The van der Waals surface area contributed by atoms with Crippen molar-refractivity contribution in [3.05, 3.63) is 29.6 Å². The van der Waals surface area contributed by atoms with Crippen LogP contribution in [0.3, 0.4) is 0 Å². The number of nitrogens with two attached hydrogens (primary N) is 1. The maximum atomic E-state index is 12.2. The van der Waals surface area contributed by atoms with E-state index in [0.29, 0.717) is 17.4 Å². The molecule has 0 saturated heterocycles. The SMILES string of the molecule is CN(C)c1nc(N)nc(COC(=O)c2ccc3c(c2)OCC(=O)N3)n1. The van der Waals surface area contributed by atoms with Crippen LogP contribution in [0.1, 0.15) is 16.2 Å². The van der Waals surface area contributed by atoms with Gasteiger partial charge in [0.05, 0.1) is 11.3 Å². The molecule has 1 aliphatic rings. The Hall–Kier alpha value is -3.43. The lowest BCUT2D eigenvalue weighted by atomic mass is 10.1. The summed E-state index contributed by atoms with van der Waals surface area (Å²) in [7, 11) is 3.52. The molecule has 130 valence electrons. The van der Waals surface area contributed by atoms with E-state index >= 15 is 0 Å². The first-order chi connectivity index (χ1) is 11.9. The first kappa shape index (κ1) is 16.4. The molecule has 10 heteroatoms. The minimum absolute atomic E-state index is 0.0441. The normalized spacial score (nSPS) is 12.6. The van der Waals surface area contributed by atoms with E-state index in [0.717, 1.165) is 0 Å². The van der Waals surface area contributed by atoms with E-state index in [-0.39, 0.29) is 36.5 Å². The zero-order chi connectivity index (χ0) is 18.0. The van der Waals surface area contributed by atoms with Gasteiger partial charge in [0.25, 0.3) is 5.91 Å². The summed E-state index contributed by atoms with van der Waals surface area (Å²) in [6.07, 6.45) is 0. The van der Waals surface area contributed by atoms with Crippen LogP contribution in [0, 0.1) is 0 Å². The molecule has 0 aliphatic carbocycles. The number of aromatic nitrogens is 3. The van der Waals surface area contributed by atoms with Gasteiger partial charge in [-0.25, -0.2) is 4.79 Å². The third kappa shape index (κ3) is 3.74. The average Bonchev–Trinajstić information content (AvgIpc) is 2.58. The van der Waals surface area contributed by atoms with Crippen LogP contribution in [0.15, 0.2) is 18.2 Å². The molecular formula is C15H16N6O4. The van der Waals surface area contributed by atoms with Crippen molar-refractivity contribution in [2.75, 3.05) is 36.7 Å². The molecule has 1 aromatic heterocycles. The van der Waals surface area contributed by atoms with E-state index < -0.39 is 5.97 Å². The topological polar surface area (TPSA) is 133 Å². The molecule has 2 heterocycles. The molecule has 2 aromatic rings. The molecule has 0 unspecified atom stereocenters. The number of hydrogen-bond acceptors (Lipinski definition) is 9. The summed E-state index contributed by atoms with van der Waals surface area (Å²) < 4.78 is 10.5. The molecule has 0 fully saturated rings. The highest BCUT2D eigenvalue weighted by Crippen LogP contribution is 2.28. The van der Waals surface area contributed by atoms with Crippen molar-refractivity contribution in [1.29, 1.82) is 0 Å². The first-order valence-electron chi connectivity index (χ1n) is 7.34. The number of benzene rings is 1. The lowest BCUT2D eigenvalue weighted by molar-refractivity contribution is -0.118. The third-order valence-corrected chi connectivity index (χ3v) is 3.27. The predicted molar refractivity (Wildman–Crippen MR) is 88.3 cm³/mol. The van der Waals surface area contributed by atoms with Crippen molar-refractivity contribution in [2.24, 2.45) is 0 Å². The fraction of sp³-hybridized carbons (Fsp3) is 0.267. The van der Waals surface area contributed by atoms with Crippen LogP contribution in [-0.2, 0) is 16.1 Å². The number of carbonyl (C=O) groups excluding carboxylic acids is 2. The molecule has 0 radical (unpaired) electrons. The van der Waals surface area contributed by atoms with Gasteiger partial charge in [0.15, 0.2) is 19.0 Å². The molecule has 0 spiro atoms. The Morgan fingerprint density at radius 1 is 1.36 bits per heavy atom. The average molecular weight is 344 g/mol. The summed E-state index contributed by atoms with van der Waals surface area (Å²) in [6.45, 7) is -0.246. The lowest BCUT2D eigenvalue weighted by Crippen LogP contribution is -2.25. The summed E-state index contributed by atoms with van der Waals surface area (Å²) in [6, 6.07) is 4.61. The Morgan fingerprint density at radius 3 is 2.92 bits per heavy atom. The molecule has 0 saturated carbocycles. The number of rotatable bonds is 4. The minimum Gasteiger partial charge on any atom is -0.482 e. The summed E-state index contributed by atoms with van der Waals surface area (Å²) in [5, 5.41) is 2.65. The van der Waals surface area contributed by atoms with Crippen LogP contribution in [0.2, 0.25) is 0 Å². The number of carbonyl (C=O) groups is 2. The van der Waals surface area contributed by atoms with Gasteiger partial charge in [-0.05, 0) is 18.2 Å². The van der Waals surface area contributed by atoms with Crippen molar-refractivity contribution >= 4 is 29.5 Å². The monoisotopic (exact) mass is 344 g/mol. The van der Waals surface area contributed by atoms with Gasteiger partial charge in [0.1, 0.15) is 5.75 Å². The predicted octanol–water partition coefficient (Wildman–Crippen LogP) is 0.208. The Morgan fingerprint density at radius 2 is 2.16 bits per heavy atom. The van der Waals surface area contributed by atoms with E-state index in [1.807, 2.05) is 0 Å². The van der Waals surface area contributed by atoms with E-state index in [4.69, 9.17) is 15.2 Å². The number of fused-ring (bicyclic) bond motifs is 1. The van der Waals surface area contributed by atoms with Crippen LogP contribution < -0.4 is 20.7 Å². The second kappa shape index (κ2) is 6.59. The van der Waals surface area contributed by atoms with Crippen LogP contribution in [0.5, 0.6) is 5.75 Å². The van der Waals surface area contributed by atoms with Crippen LogP contribution in [-0.4, -0.2) is 47.5 Å². The Bertz CT molecular complexity index is 839. The van der Waals surface area contributed by atoms with Crippen LogP contribution in [0.25, 0.3) is 0 Å². The number of nitrogen functional groups attached to an aromatic ring is 1. The number of esters is 1. The van der Waals surface area contributed by atoms with Gasteiger partial charge in [-0.3, -0.25) is 4.79 Å². The zero-order valence-corrected chi connectivity index (χ0v) is 13.6. The van der Waals surface area contributed by atoms with E-state index in [9.17, 15) is 9.59 Å². The van der Waals surface area contributed by atoms with Crippen molar-refractivity contribution in [3.8, 4) is 5.75 Å². The van der Waals surface area contributed by atoms with Gasteiger partial charge in [-0.1, -0.05) is 0 Å². The van der Waals surface area contributed by atoms with Gasteiger partial charge in [0.2, 0.25) is 11.9 Å². The number of nitrogens with zero attached hydrogens (tertiary/aromatic N) is 4. The van der Waals surface area contributed by atoms with Crippen molar-refractivity contribution < 1.29 is 19.1 Å². The molecule has 1 aliphatic heterocycles. The summed E-state index contributed by atoms with van der Waals surface area (Å²) >= 11 is 0. The maximum Gasteiger partial charge on any atom is 0.338 e. The highest BCUT2D eigenvalue weighted by molar-refractivity contribution is 5.97. The highest BCUT2D eigenvalue weighted by atomic mass is 16.5. The van der Waals surface area contributed by atoms with E-state index in [2.05, 4.69) is 20.3 Å². The molecule has 25 heavy (non-hydrogen) atoms. The maximum absolute atomic E-state index is 12.2. The number of hydrogen-bond donors (Lipinski definition) is 2. The molecule has 3 N–H and O–H groups in total. The molecule has 0 atom stereocenters. The molecule has 1 aromatic carbocycles. The molecule has 3 rings (SSSR count). The number of nitrogens with one attached hydrogen (secondary N) is 1. The summed E-state index contributed by atoms with van der Waals surface area (Å²) in [5.41, 5.74) is 6.41. The standard InChI is InChI=1S/C15H16N6O4/c1-21(2)15-19-11(18-14(16)20-15)6-25-13(23)8-3-4-9-10(5-8)24-7-12(22)17-9/h3-5H,6-7H2,1-2H3,(H,17,22)(H2,16,18,19,20). The minimum atomic E-state index is -0.575. The fourth-order valence-electron chi connectivity index (χ4n) is 2.10. The Balaban J connectivity index is 1.70. The van der Waals surface area contributed by atoms with Gasteiger partial charge in [-0.2, -0.15) is 15.0 Å². The van der Waals surface area contributed by atoms with Crippen LogP contribution >= 0.6 is 0 Å². The van der Waals surface area contributed by atoms with E-state index in [1.54, 1.807) is 25.1 Å². The zero-order valence-electron chi connectivity index (χ0n) is 13.6. The van der Waals surface area contributed by atoms with Crippen molar-refractivity contribution in [2.45, 2.75) is 6.61 Å². The Labute approximate surface area is 143 Å². The quantitative estimate of drug-likeness (QED) is 0.746. The number of anilines is 3. The van der Waals surface area contributed by atoms with Gasteiger partial charge >= 0.3 is 5.97 Å². The smallest absolute Gasteiger partial charge is 0.338 e. The second-order valence-electron chi connectivity index (χ2n) is 5.43. The largest absolute Gasteiger partial charge is 0.482 e. The van der Waals surface area contributed by atoms with E-state index in [1.165, 1.54) is 12.1 Å². The second-order valence-corrected chi connectivity index (χ2v) is 5.43. The first-order valence-corrected chi connectivity index (χ1v) is 7.34. The van der Waals surface area contributed by atoms with Gasteiger partial charge in [0, 0.05) is 14.1 Å². The number of ether oxygens (including phenoxy) is 2. The molecule has 1 amide bonds. The lowest BCUT2D eigenvalue weighted by Gasteiger charge is -2.18. The van der Waals surface area contributed by atoms with Crippen molar-refractivity contribution in [3.63, 3.8) is 0 Å². The third-order valence-electron chi connectivity index (χ3n) is 3.27. The Kier molecular flexibility index (Phi) is 4.33. The van der Waals surface area contributed by atoms with Crippen LogP contribution in [0.4, 0.5) is 17.6 Å².